The normalized spacial score (nSPS) is 17.6. The monoisotopic (exact) mass is 344 g/mol. The van der Waals surface area contributed by atoms with Crippen molar-refractivity contribution in [3.63, 3.8) is 0 Å². The summed E-state index contributed by atoms with van der Waals surface area (Å²) >= 11 is 6.31. The highest BCUT2D eigenvalue weighted by molar-refractivity contribution is 6.33. The molecule has 0 radical (unpaired) electrons. The maximum Gasteiger partial charge on any atom is 0.255 e. The number of hydrogen-bond acceptors (Lipinski definition) is 4. The number of anilines is 2. The highest BCUT2D eigenvalue weighted by atomic mass is 35.5. The van der Waals surface area contributed by atoms with E-state index in [0.29, 0.717) is 16.4 Å². The predicted molar refractivity (Wildman–Crippen MR) is 95.9 cm³/mol. The van der Waals surface area contributed by atoms with E-state index < -0.39 is 0 Å². The number of likely N-dealkylation sites (tertiary alicyclic amines) is 1. The zero-order valence-corrected chi connectivity index (χ0v) is 14.7. The molecule has 1 atom stereocenters. The van der Waals surface area contributed by atoms with Gasteiger partial charge in [-0.2, -0.15) is 0 Å². The number of piperidine rings is 1. The van der Waals surface area contributed by atoms with Crippen LogP contribution in [0.25, 0.3) is 0 Å². The Morgan fingerprint density at radius 2 is 2.12 bits per heavy atom. The molecule has 6 heteroatoms. The van der Waals surface area contributed by atoms with Crippen molar-refractivity contribution >= 4 is 29.0 Å². The van der Waals surface area contributed by atoms with Gasteiger partial charge in [0, 0.05) is 24.5 Å². The Kier molecular flexibility index (Phi) is 5.00. The van der Waals surface area contributed by atoms with E-state index in [1.807, 2.05) is 24.0 Å². The van der Waals surface area contributed by atoms with Gasteiger partial charge in [-0.05, 0) is 51.3 Å². The fourth-order valence-electron chi connectivity index (χ4n) is 2.89. The quantitative estimate of drug-likeness (QED) is 0.906. The molecule has 1 fully saturated rings. The average molecular weight is 345 g/mol. The van der Waals surface area contributed by atoms with Crippen LogP contribution in [0.15, 0.2) is 30.6 Å². The van der Waals surface area contributed by atoms with Gasteiger partial charge in [-0.3, -0.25) is 9.78 Å². The number of carbonyl (C=O) groups excluding carboxylic acids is 1. The summed E-state index contributed by atoms with van der Waals surface area (Å²) < 4.78 is 0. The van der Waals surface area contributed by atoms with Crippen molar-refractivity contribution in [2.24, 2.45) is 0 Å². The molecule has 3 rings (SSSR count). The van der Waals surface area contributed by atoms with Gasteiger partial charge in [0.2, 0.25) is 0 Å². The van der Waals surface area contributed by atoms with E-state index in [1.54, 1.807) is 18.5 Å². The Morgan fingerprint density at radius 3 is 2.79 bits per heavy atom. The Labute approximate surface area is 147 Å². The average Bonchev–Trinajstić information content (AvgIpc) is 2.58. The smallest absolute Gasteiger partial charge is 0.255 e. The molecule has 0 aliphatic carbocycles. The summed E-state index contributed by atoms with van der Waals surface area (Å²) in [7, 11) is 0. The highest BCUT2D eigenvalue weighted by Gasteiger charge is 2.24. The second-order valence-corrected chi connectivity index (χ2v) is 6.62. The number of nitrogens with one attached hydrogen (secondary N) is 1. The van der Waals surface area contributed by atoms with Crippen LogP contribution in [-0.4, -0.2) is 33.4 Å². The van der Waals surface area contributed by atoms with E-state index in [4.69, 9.17) is 11.6 Å². The molecule has 126 valence electrons. The number of nitrogens with zero attached hydrogens (tertiary/aromatic N) is 3. The molecule has 1 saturated heterocycles. The highest BCUT2D eigenvalue weighted by Crippen LogP contribution is 2.26. The molecule has 0 bridgehead atoms. The van der Waals surface area contributed by atoms with E-state index in [0.717, 1.165) is 30.8 Å². The van der Waals surface area contributed by atoms with Gasteiger partial charge in [-0.15, -0.1) is 0 Å². The third-order valence-electron chi connectivity index (χ3n) is 4.33. The van der Waals surface area contributed by atoms with E-state index in [2.05, 4.69) is 22.2 Å². The topological polar surface area (TPSA) is 58.1 Å². The first-order valence-electron chi connectivity index (χ1n) is 8.21. The van der Waals surface area contributed by atoms with Crippen molar-refractivity contribution in [1.82, 2.24) is 14.9 Å². The van der Waals surface area contributed by atoms with Crippen LogP contribution >= 0.6 is 11.6 Å². The van der Waals surface area contributed by atoms with Crippen LogP contribution in [-0.2, 0) is 0 Å². The van der Waals surface area contributed by atoms with Crippen molar-refractivity contribution in [2.75, 3.05) is 11.9 Å². The molecule has 0 spiro atoms. The molecule has 2 aromatic heterocycles. The molecule has 0 aromatic carbocycles. The van der Waals surface area contributed by atoms with Crippen LogP contribution in [0.2, 0.25) is 5.02 Å². The number of hydrogen-bond donors (Lipinski definition) is 1. The van der Waals surface area contributed by atoms with Gasteiger partial charge in [0.05, 0.1) is 22.5 Å². The molecule has 1 N–H and O–H groups in total. The molecular weight excluding hydrogens is 324 g/mol. The van der Waals surface area contributed by atoms with Crippen LogP contribution in [0.3, 0.4) is 0 Å². The van der Waals surface area contributed by atoms with Crippen molar-refractivity contribution in [1.29, 1.82) is 0 Å². The van der Waals surface area contributed by atoms with Gasteiger partial charge in [-0.1, -0.05) is 11.6 Å². The minimum Gasteiger partial charge on any atom is -0.338 e. The molecule has 24 heavy (non-hydrogen) atoms. The van der Waals surface area contributed by atoms with E-state index >= 15 is 0 Å². The zero-order valence-electron chi connectivity index (χ0n) is 13.9. The molecule has 2 aromatic rings. The molecular formula is C18H21ClN4O. The van der Waals surface area contributed by atoms with Gasteiger partial charge in [0.25, 0.3) is 5.91 Å². The van der Waals surface area contributed by atoms with Crippen LogP contribution in [0.5, 0.6) is 0 Å². The third-order valence-corrected chi connectivity index (χ3v) is 4.61. The summed E-state index contributed by atoms with van der Waals surface area (Å²) in [6, 6.07) is 5.77. The van der Waals surface area contributed by atoms with E-state index in [9.17, 15) is 4.79 Å². The molecule has 3 heterocycles. The number of rotatable bonds is 3. The van der Waals surface area contributed by atoms with Gasteiger partial charge in [-0.25, -0.2) is 4.98 Å². The first-order chi connectivity index (χ1) is 11.5. The lowest BCUT2D eigenvalue weighted by molar-refractivity contribution is 0.0635. The summed E-state index contributed by atoms with van der Waals surface area (Å²) in [6.45, 7) is 4.82. The van der Waals surface area contributed by atoms with Crippen LogP contribution in [0, 0.1) is 6.92 Å². The summed E-state index contributed by atoms with van der Waals surface area (Å²) in [5, 5.41) is 3.55. The fraction of sp³-hybridized carbons (Fsp3) is 0.389. The Bertz CT molecular complexity index is 732. The summed E-state index contributed by atoms with van der Waals surface area (Å²) in [5.74, 6) is 0.519. The maximum absolute atomic E-state index is 12.7. The van der Waals surface area contributed by atoms with E-state index in [1.165, 1.54) is 6.42 Å². The first-order valence-corrected chi connectivity index (χ1v) is 8.58. The number of aryl methyl sites for hydroxylation is 1. The number of carbonyl (C=O) groups is 1. The largest absolute Gasteiger partial charge is 0.338 e. The number of pyridine rings is 2. The molecule has 1 amide bonds. The number of aromatic nitrogens is 2. The van der Waals surface area contributed by atoms with Crippen molar-refractivity contribution < 1.29 is 4.79 Å². The predicted octanol–water partition coefficient (Wildman–Crippen LogP) is 4.20. The Morgan fingerprint density at radius 1 is 1.29 bits per heavy atom. The minimum absolute atomic E-state index is 0.000141. The lowest BCUT2D eigenvalue weighted by Crippen LogP contribution is -2.42. The number of halogens is 1. The molecule has 0 saturated carbocycles. The Balaban J connectivity index is 1.76. The second-order valence-electron chi connectivity index (χ2n) is 6.21. The van der Waals surface area contributed by atoms with E-state index in [-0.39, 0.29) is 11.9 Å². The molecule has 1 aliphatic rings. The summed E-state index contributed by atoms with van der Waals surface area (Å²) in [5.41, 5.74) is 2.27. The van der Waals surface area contributed by atoms with Gasteiger partial charge < -0.3 is 10.2 Å². The summed E-state index contributed by atoms with van der Waals surface area (Å²) in [4.78, 5) is 23.1. The van der Waals surface area contributed by atoms with Crippen molar-refractivity contribution in [3.05, 3.63) is 46.9 Å². The maximum atomic E-state index is 12.7. The lowest BCUT2D eigenvalue weighted by atomic mass is 10.0. The molecule has 5 nitrogen and oxygen atoms in total. The lowest BCUT2D eigenvalue weighted by Gasteiger charge is -2.33. The minimum atomic E-state index is 0.000141. The Hall–Kier alpha value is -2.14. The van der Waals surface area contributed by atoms with Crippen LogP contribution < -0.4 is 5.32 Å². The van der Waals surface area contributed by atoms with Gasteiger partial charge in [0.1, 0.15) is 5.82 Å². The SMILES string of the molecule is Cc1ccc(Nc2ncc(C(=O)N3CCCCC3C)cc2Cl)cn1. The van der Waals surface area contributed by atoms with Crippen molar-refractivity contribution in [2.45, 2.75) is 39.2 Å². The van der Waals surface area contributed by atoms with Gasteiger partial charge >= 0.3 is 0 Å². The third kappa shape index (κ3) is 3.67. The second kappa shape index (κ2) is 7.18. The fourth-order valence-corrected chi connectivity index (χ4v) is 3.10. The number of amides is 1. The first kappa shape index (κ1) is 16.7. The zero-order chi connectivity index (χ0) is 17.1. The standard InChI is InChI=1S/C18H21ClN4O/c1-12-6-7-15(11-20-12)22-17-16(19)9-14(10-21-17)18(24)23-8-4-3-5-13(23)2/h6-7,9-11,13H,3-5,8H2,1-2H3,(H,21,22). The molecule has 1 aliphatic heterocycles. The van der Waals surface area contributed by atoms with Crippen LogP contribution in [0.4, 0.5) is 11.5 Å². The van der Waals surface area contributed by atoms with Gasteiger partial charge in [0.15, 0.2) is 0 Å². The van der Waals surface area contributed by atoms with Crippen molar-refractivity contribution in [3.8, 4) is 0 Å². The summed E-state index contributed by atoms with van der Waals surface area (Å²) in [6.07, 6.45) is 6.59. The van der Waals surface area contributed by atoms with Crippen LogP contribution in [0.1, 0.15) is 42.2 Å². The molecule has 1 unspecified atom stereocenters.